The SMILES string of the molecule is CC1=C(c2ccccc2)C=CC(CN2CCN(Cc3ccncc3)[C@@H](CC(=O)O)C2)(C(O)(C(F)(F)F)C(F)(F)F)C1. The highest BCUT2D eigenvalue weighted by Crippen LogP contribution is 2.58. The van der Waals surface area contributed by atoms with Gasteiger partial charge in [-0.25, -0.2) is 0 Å². The average Bonchev–Trinajstić information content (AvgIpc) is 2.89. The number of aliphatic hydroxyl groups is 1. The first kappa shape index (κ1) is 30.7. The smallest absolute Gasteiger partial charge is 0.427 e. The van der Waals surface area contributed by atoms with Crippen LogP contribution < -0.4 is 0 Å². The molecular formula is C29H31F6N3O3. The van der Waals surface area contributed by atoms with E-state index in [-0.39, 0.29) is 31.6 Å². The quantitative estimate of drug-likeness (QED) is 0.410. The number of hydrogen-bond acceptors (Lipinski definition) is 5. The van der Waals surface area contributed by atoms with Crippen molar-refractivity contribution in [2.75, 3.05) is 26.2 Å². The van der Waals surface area contributed by atoms with E-state index in [1.165, 1.54) is 17.9 Å². The van der Waals surface area contributed by atoms with Gasteiger partial charge in [0.05, 0.1) is 11.8 Å². The van der Waals surface area contributed by atoms with Gasteiger partial charge in [-0.15, -0.1) is 0 Å². The van der Waals surface area contributed by atoms with E-state index < -0.39 is 48.3 Å². The third kappa shape index (κ3) is 6.19. The Morgan fingerprint density at radius 3 is 2.22 bits per heavy atom. The van der Waals surface area contributed by atoms with E-state index in [1.807, 2.05) is 4.90 Å². The topological polar surface area (TPSA) is 76.9 Å². The molecule has 0 bridgehead atoms. The first-order chi connectivity index (χ1) is 19.2. The molecule has 41 heavy (non-hydrogen) atoms. The van der Waals surface area contributed by atoms with Gasteiger partial charge in [0.15, 0.2) is 0 Å². The van der Waals surface area contributed by atoms with E-state index in [4.69, 9.17) is 0 Å². The minimum atomic E-state index is -6.04. The summed E-state index contributed by atoms with van der Waals surface area (Å²) in [5, 5.41) is 20.3. The fraction of sp³-hybridized carbons (Fsp3) is 0.448. The Hall–Kier alpha value is -3.22. The largest absolute Gasteiger partial charge is 0.481 e. The van der Waals surface area contributed by atoms with Crippen molar-refractivity contribution in [1.29, 1.82) is 0 Å². The summed E-state index contributed by atoms with van der Waals surface area (Å²) in [4.78, 5) is 18.9. The number of pyridine rings is 1. The predicted molar refractivity (Wildman–Crippen MR) is 139 cm³/mol. The summed E-state index contributed by atoms with van der Waals surface area (Å²) in [7, 11) is 0. The molecule has 1 aliphatic carbocycles. The number of benzene rings is 1. The molecule has 2 heterocycles. The maximum atomic E-state index is 14.4. The second kappa shape index (κ2) is 11.6. The lowest BCUT2D eigenvalue weighted by molar-refractivity contribution is -0.398. The zero-order valence-electron chi connectivity index (χ0n) is 22.3. The van der Waals surface area contributed by atoms with Gasteiger partial charge in [-0.05, 0) is 42.2 Å². The molecule has 0 spiro atoms. The maximum absolute atomic E-state index is 14.4. The summed E-state index contributed by atoms with van der Waals surface area (Å²) in [6, 6.07) is 11.4. The minimum Gasteiger partial charge on any atom is -0.481 e. The van der Waals surface area contributed by atoms with E-state index in [9.17, 15) is 41.4 Å². The van der Waals surface area contributed by atoms with E-state index in [0.29, 0.717) is 17.7 Å². The lowest BCUT2D eigenvalue weighted by atomic mass is 9.63. The Morgan fingerprint density at radius 2 is 1.66 bits per heavy atom. The standard InChI is InChI=1S/C29H31F6N3O3/c1-20-16-26(27(41,28(30,31)32)29(33,34)35,10-7-24(20)22-5-3-2-4-6-22)19-37-13-14-38(23(18-37)15-25(39)40)17-21-8-11-36-12-9-21/h2-12,23,41H,13-19H2,1H3,(H,39,40)/t23-,26?/m0/s1. The molecule has 1 aromatic carbocycles. The number of halogens is 6. The number of alkyl halides is 6. The highest BCUT2D eigenvalue weighted by Gasteiger charge is 2.78. The van der Waals surface area contributed by atoms with Crippen LogP contribution in [0, 0.1) is 5.41 Å². The van der Waals surface area contributed by atoms with Crippen molar-refractivity contribution in [3.05, 3.63) is 83.7 Å². The number of aromatic nitrogens is 1. The van der Waals surface area contributed by atoms with Crippen molar-refractivity contribution in [2.24, 2.45) is 5.41 Å². The number of rotatable bonds is 8. The molecule has 2 atom stereocenters. The van der Waals surface area contributed by atoms with Crippen LogP contribution in [0.4, 0.5) is 26.3 Å². The molecule has 1 fully saturated rings. The zero-order chi connectivity index (χ0) is 30.1. The van der Waals surface area contributed by atoms with Gasteiger partial charge in [0.25, 0.3) is 5.60 Å². The summed E-state index contributed by atoms with van der Waals surface area (Å²) in [6.07, 6.45) is -7.91. The molecule has 0 saturated carbocycles. The number of aliphatic carboxylic acids is 1. The molecule has 1 aromatic heterocycles. The number of piperazine rings is 1. The maximum Gasteiger partial charge on any atom is 0.427 e. The second-order valence-electron chi connectivity index (χ2n) is 10.7. The van der Waals surface area contributed by atoms with Crippen LogP contribution in [0.1, 0.15) is 30.9 Å². The monoisotopic (exact) mass is 583 g/mol. The zero-order valence-corrected chi connectivity index (χ0v) is 22.3. The Morgan fingerprint density at radius 1 is 1.02 bits per heavy atom. The van der Waals surface area contributed by atoms with Crippen molar-refractivity contribution in [3.8, 4) is 0 Å². The van der Waals surface area contributed by atoms with Gasteiger partial charge in [0.1, 0.15) is 0 Å². The highest BCUT2D eigenvalue weighted by molar-refractivity contribution is 5.78. The summed E-state index contributed by atoms with van der Waals surface area (Å²) in [6.45, 7) is 1.23. The number of carboxylic acid groups (broad SMARTS) is 1. The van der Waals surface area contributed by atoms with Crippen molar-refractivity contribution in [1.82, 2.24) is 14.8 Å². The summed E-state index contributed by atoms with van der Waals surface area (Å²) in [5.41, 5.74) is -5.64. The number of allylic oxidation sites excluding steroid dienone is 3. The lowest BCUT2D eigenvalue weighted by Crippen LogP contribution is -2.70. The fourth-order valence-corrected chi connectivity index (χ4v) is 6.00. The van der Waals surface area contributed by atoms with Gasteiger partial charge in [-0.3, -0.25) is 19.6 Å². The Kier molecular flexibility index (Phi) is 8.68. The van der Waals surface area contributed by atoms with Crippen LogP contribution in [0.5, 0.6) is 0 Å². The van der Waals surface area contributed by atoms with Gasteiger partial charge in [0, 0.05) is 51.2 Å². The molecule has 6 nitrogen and oxygen atoms in total. The number of carboxylic acids is 1. The molecule has 0 radical (unpaired) electrons. The number of nitrogens with zero attached hydrogens (tertiary/aromatic N) is 3. The summed E-state index contributed by atoms with van der Waals surface area (Å²) >= 11 is 0. The van der Waals surface area contributed by atoms with E-state index in [1.54, 1.807) is 54.9 Å². The fourth-order valence-electron chi connectivity index (χ4n) is 6.00. The van der Waals surface area contributed by atoms with Crippen LogP contribution in [0.3, 0.4) is 0 Å². The summed E-state index contributed by atoms with van der Waals surface area (Å²) in [5.74, 6) is -1.14. The second-order valence-corrected chi connectivity index (χ2v) is 10.7. The van der Waals surface area contributed by atoms with Crippen LogP contribution in [-0.4, -0.2) is 81.1 Å². The first-order valence-electron chi connectivity index (χ1n) is 13.0. The van der Waals surface area contributed by atoms with E-state index in [2.05, 4.69) is 4.98 Å². The van der Waals surface area contributed by atoms with Gasteiger partial charge in [0.2, 0.25) is 0 Å². The van der Waals surface area contributed by atoms with Crippen LogP contribution in [0.25, 0.3) is 5.57 Å². The van der Waals surface area contributed by atoms with Crippen LogP contribution in [-0.2, 0) is 11.3 Å². The third-order valence-electron chi connectivity index (χ3n) is 7.98. The Balaban J connectivity index is 1.70. The predicted octanol–water partition coefficient (Wildman–Crippen LogP) is 5.32. The first-order valence-corrected chi connectivity index (χ1v) is 13.0. The van der Waals surface area contributed by atoms with Crippen molar-refractivity contribution >= 4 is 11.5 Å². The summed E-state index contributed by atoms with van der Waals surface area (Å²) < 4.78 is 86.1. The van der Waals surface area contributed by atoms with Crippen LogP contribution in [0.15, 0.2) is 72.6 Å². The Bertz CT molecular complexity index is 1270. The molecule has 2 aromatic rings. The minimum absolute atomic E-state index is 0.0802. The molecule has 12 heteroatoms. The molecule has 1 aliphatic heterocycles. The van der Waals surface area contributed by atoms with Gasteiger partial charge >= 0.3 is 18.3 Å². The van der Waals surface area contributed by atoms with Crippen LogP contribution >= 0.6 is 0 Å². The van der Waals surface area contributed by atoms with E-state index in [0.717, 1.165) is 11.6 Å². The van der Waals surface area contributed by atoms with Crippen molar-refractivity contribution < 1.29 is 41.4 Å². The molecular weight excluding hydrogens is 552 g/mol. The van der Waals surface area contributed by atoms with Gasteiger partial charge < -0.3 is 10.2 Å². The van der Waals surface area contributed by atoms with E-state index >= 15 is 0 Å². The molecule has 2 N–H and O–H groups in total. The molecule has 1 unspecified atom stereocenters. The molecule has 1 saturated heterocycles. The molecule has 0 amide bonds. The lowest BCUT2D eigenvalue weighted by Gasteiger charge is -2.52. The van der Waals surface area contributed by atoms with Crippen LogP contribution in [0.2, 0.25) is 0 Å². The molecule has 4 rings (SSSR count). The molecule has 2 aliphatic rings. The molecule has 222 valence electrons. The number of carbonyl (C=O) groups is 1. The van der Waals surface area contributed by atoms with Crippen molar-refractivity contribution in [2.45, 2.75) is 50.3 Å². The van der Waals surface area contributed by atoms with Crippen molar-refractivity contribution in [3.63, 3.8) is 0 Å². The Labute approximate surface area is 233 Å². The highest BCUT2D eigenvalue weighted by atomic mass is 19.4. The van der Waals surface area contributed by atoms with Gasteiger partial charge in [-0.1, -0.05) is 48.1 Å². The third-order valence-corrected chi connectivity index (χ3v) is 7.98. The number of hydrogen-bond donors (Lipinski definition) is 2. The normalized spacial score (nSPS) is 23.2. The average molecular weight is 584 g/mol. The van der Waals surface area contributed by atoms with Gasteiger partial charge in [-0.2, -0.15) is 26.3 Å².